The molecule has 0 aromatic rings. The first-order valence-electron chi connectivity index (χ1n) is 5.86. The molecule has 3 unspecified atom stereocenters. The van der Waals surface area contributed by atoms with Gasteiger partial charge in [0.25, 0.3) is 0 Å². The van der Waals surface area contributed by atoms with Crippen LogP contribution in [0, 0.1) is 28.6 Å². The first-order valence-corrected chi connectivity index (χ1v) is 5.86. The van der Waals surface area contributed by atoms with E-state index in [0.29, 0.717) is 11.3 Å². The number of hydrogen-bond donors (Lipinski definition) is 0. The molecule has 0 heterocycles. The van der Waals surface area contributed by atoms with Crippen molar-refractivity contribution in [2.45, 2.75) is 47.0 Å². The van der Waals surface area contributed by atoms with E-state index in [2.05, 4.69) is 27.7 Å². The summed E-state index contributed by atoms with van der Waals surface area (Å²) in [7, 11) is 0. The maximum Gasteiger partial charge on any atom is 0.125 e. The monoisotopic (exact) mass is 194 g/mol. The third-order valence-electron chi connectivity index (χ3n) is 5.12. The molecule has 3 aliphatic rings. The lowest BCUT2D eigenvalue weighted by atomic mass is 9.42. The Morgan fingerprint density at radius 3 is 2.36 bits per heavy atom. The van der Waals surface area contributed by atoms with Crippen molar-refractivity contribution in [3.05, 3.63) is 0 Å². The van der Waals surface area contributed by atoms with Gasteiger partial charge in [-0.05, 0) is 42.4 Å². The molecule has 0 radical (unpaired) electrons. The van der Waals surface area contributed by atoms with E-state index >= 15 is 0 Å². The Kier molecular flexibility index (Phi) is 2.06. The quantitative estimate of drug-likeness (QED) is 0.616. The number of carbonyl (C=O) groups is 1. The zero-order valence-electron chi connectivity index (χ0n) is 9.84. The molecule has 0 amide bonds. The molecule has 0 aliphatic heterocycles. The highest BCUT2D eigenvalue weighted by molar-refractivity contribution is 5.58. The van der Waals surface area contributed by atoms with E-state index in [0.717, 1.165) is 11.8 Å². The van der Waals surface area contributed by atoms with Crippen molar-refractivity contribution in [3.8, 4) is 0 Å². The van der Waals surface area contributed by atoms with Crippen molar-refractivity contribution < 1.29 is 4.79 Å². The Bertz CT molecular complexity index is 250. The van der Waals surface area contributed by atoms with Crippen molar-refractivity contribution in [1.29, 1.82) is 0 Å². The smallest absolute Gasteiger partial charge is 0.125 e. The summed E-state index contributed by atoms with van der Waals surface area (Å²) in [5, 5.41) is 0. The summed E-state index contributed by atoms with van der Waals surface area (Å²) in [5.74, 6) is 2.35. The van der Waals surface area contributed by atoms with Gasteiger partial charge in [-0.25, -0.2) is 0 Å². The molecule has 1 nitrogen and oxygen atoms in total. The largest absolute Gasteiger partial charge is 0.303 e. The van der Waals surface area contributed by atoms with Crippen molar-refractivity contribution in [2.75, 3.05) is 0 Å². The van der Waals surface area contributed by atoms with Gasteiger partial charge in [-0.1, -0.05) is 27.7 Å². The Hall–Kier alpha value is -0.330. The van der Waals surface area contributed by atoms with Gasteiger partial charge in [0.05, 0.1) is 0 Å². The molecule has 0 N–H and O–H groups in total. The summed E-state index contributed by atoms with van der Waals surface area (Å²) < 4.78 is 0. The molecule has 3 atom stereocenters. The molecule has 0 aromatic heterocycles. The average Bonchev–Trinajstić information content (AvgIpc) is 2.17. The van der Waals surface area contributed by atoms with Crippen LogP contribution < -0.4 is 0 Å². The molecule has 3 saturated carbocycles. The number of hydrogen-bond acceptors (Lipinski definition) is 1. The fourth-order valence-corrected chi connectivity index (χ4v) is 3.79. The van der Waals surface area contributed by atoms with Crippen LogP contribution in [0.15, 0.2) is 0 Å². The highest BCUT2D eigenvalue weighted by atomic mass is 16.1. The molecule has 3 fully saturated rings. The van der Waals surface area contributed by atoms with Crippen LogP contribution >= 0.6 is 0 Å². The van der Waals surface area contributed by atoms with Crippen LogP contribution in [0.4, 0.5) is 0 Å². The van der Waals surface area contributed by atoms with Gasteiger partial charge < -0.3 is 4.79 Å². The second-order valence-electron chi connectivity index (χ2n) is 6.48. The molecule has 3 rings (SSSR count). The Labute approximate surface area is 87.3 Å². The summed E-state index contributed by atoms with van der Waals surface area (Å²) >= 11 is 0. The molecule has 1 heteroatoms. The van der Waals surface area contributed by atoms with Crippen molar-refractivity contribution in [2.24, 2.45) is 28.6 Å². The topological polar surface area (TPSA) is 17.1 Å². The number of aldehydes is 1. The lowest BCUT2D eigenvalue weighted by Crippen LogP contribution is -2.55. The van der Waals surface area contributed by atoms with Gasteiger partial charge in [-0.3, -0.25) is 0 Å². The van der Waals surface area contributed by atoms with Gasteiger partial charge in [0.15, 0.2) is 0 Å². The van der Waals surface area contributed by atoms with E-state index in [9.17, 15) is 4.79 Å². The highest BCUT2D eigenvalue weighted by Crippen LogP contribution is 2.64. The van der Waals surface area contributed by atoms with Gasteiger partial charge in [0, 0.05) is 5.41 Å². The molecular formula is C13H22O. The van der Waals surface area contributed by atoms with Gasteiger partial charge in [0.1, 0.15) is 6.29 Å². The standard InChI is InChI=1S/C13H22O/c1-12(2,8-14)10-6-5-9-7-11(10)13(9,3)4/h8-11H,5-7H2,1-4H3. The van der Waals surface area contributed by atoms with Crippen LogP contribution in [0.5, 0.6) is 0 Å². The first-order chi connectivity index (χ1) is 6.39. The lowest BCUT2D eigenvalue weighted by molar-refractivity contribution is -0.147. The maximum absolute atomic E-state index is 11.1. The van der Waals surface area contributed by atoms with E-state index < -0.39 is 0 Å². The molecule has 14 heavy (non-hydrogen) atoms. The fourth-order valence-electron chi connectivity index (χ4n) is 3.79. The maximum atomic E-state index is 11.1. The van der Waals surface area contributed by atoms with Crippen LogP contribution in [-0.4, -0.2) is 6.29 Å². The van der Waals surface area contributed by atoms with Crippen LogP contribution in [-0.2, 0) is 4.79 Å². The van der Waals surface area contributed by atoms with Crippen LogP contribution in [0.1, 0.15) is 47.0 Å². The molecule has 0 spiro atoms. The minimum absolute atomic E-state index is 0.104. The molecule has 3 aliphatic carbocycles. The molecule has 0 saturated heterocycles. The minimum atomic E-state index is -0.104. The SMILES string of the molecule is CC(C)(C=O)C1CCC2CC1C2(C)C. The molecular weight excluding hydrogens is 172 g/mol. The number of fused-ring (bicyclic) bond motifs is 2. The predicted octanol–water partition coefficient (Wildman–Crippen LogP) is 3.28. The zero-order valence-corrected chi connectivity index (χ0v) is 9.84. The summed E-state index contributed by atoms with van der Waals surface area (Å²) in [4.78, 5) is 11.1. The van der Waals surface area contributed by atoms with Crippen LogP contribution in [0.25, 0.3) is 0 Å². The summed E-state index contributed by atoms with van der Waals surface area (Å²) in [6.45, 7) is 9.00. The third kappa shape index (κ3) is 1.17. The Balaban J connectivity index is 2.19. The highest BCUT2D eigenvalue weighted by Gasteiger charge is 2.57. The predicted molar refractivity (Wildman–Crippen MR) is 57.9 cm³/mol. The summed E-state index contributed by atoms with van der Waals surface area (Å²) in [5.41, 5.74) is 0.399. The lowest BCUT2D eigenvalue weighted by Gasteiger charge is -2.62. The molecule has 0 aromatic carbocycles. The van der Waals surface area contributed by atoms with Gasteiger partial charge in [0.2, 0.25) is 0 Å². The fraction of sp³-hybridized carbons (Fsp3) is 0.923. The summed E-state index contributed by atoms with van der Waals surface area (Å²) in [6, 6.07) is 0. The second-order valence-corrected chi connectivity index (χ2v) is 6.48. The number of carbonyl (C=O) groups excluding carboxylic acids is 1. The van der Waals surface area contributed by atoms with Crippen molar-refractivity contribution in [1.82, 2.24) is 0 Å². The molecule has 80 valence electrons. The van der Waals surface area contributed by atoms with Crippen LogP contribution in [0.3, 0.4) is 0 Å². The van der Waals surface area contributed by atoms with E-state index in [1.807, 2.05) is 0 Å². The van der Waals surface area contributed by atoms with Gasteiger partial charge in [-0.2, -0.15) is 0 Å². The van der Waals surface area contributed by atoms with Crippen molar-refractivity contribution >= 4 is 6.29 Å². The third-order valence-corrected chi connectivity index (χ3v) is 5.12. The van der Waals surface area contributed by atoms with Crippen LogP contribution in [0.2, 0.25) is 0 Å². The zero-order chi connectivity index (χ0) is 10.6. The Morgan fingerprint density at radius 1 is 1.29 bits per heavy atom. The Morgan fingerprint density at radius 2 is 1.93 bits per heavy atom. The van der Waals surface area contributed by atoms with E-state index in [4.69, 9.17) is 0 Å². The van der Waals surface area contributed by atoms with Gasteiger partial charge >= 0.3 is 0 Å². The van der Waals surface area contributed by atoms with E-state index in [1.54, 1.807) is 0 Å². The average molecular weight is 194 g/mol. The first kappa shape index (κ1) is 10.2. The second kappa shape index (κ2) is 2.84. The molecule has 2 bridgehead atoms. The van der Waals surface area contributed by atoms with Crippen molar-refractivity contribution in [3.63, 3.8) is 0 Å². The van der Waals surface area contributed by atoms with Gasteiger partial charge in [-0.15, -0.1) is 0 Å². The summed E-state index contributed by atoms with van der Waals surface area (Å²) in [6.07, 6.45) is 5.15. The normalized spacial score (nSPS) is 40.1. The van der Waals surface area contributed by atoms with E-state index in [1.165, 1.54) is 25.5 Å². The minimum Gasteiger partial charge on any atom is -0.303 e. The van der Waals surface area contributed by atoms with E-state index in [-0.39, 0.29) is 5.41 Å². The number of rotatable bonds is 2.